The van der Waals surface area contributed by atoms with Crippen LogP contribution in [0.1, 0.15) is 54.9 Å². The van der Waals surface area contributed by atoms with Crippen molar-refractivity contribution in [1.29, 1.82) is 0 Å². The van der Waals surface area contributed by atoms with E-state index in [4.69, 9.17) is 5.11 Å². The number of hydrogen-bond acceptors (Lipinski definition) is 1. The van der Waals surface area contributed by atoms with Crippen LogP contribution >= 0.6 is 0 Å². The topological polar surface area (TPSA) is 20.2 Å². The van der Waals surface area contributed by atoms with Crippen molar-refractivity contribution in [3.63, 3.8) is 0 Å². The first kappa shape index (κ1) is 19.9. The van der Waals surface area contributed by atoms with E-state index in [0.717, 1.165) is 6.42 Å². The third-order valence-corrected chi connectivity index (χ3v) is 1.65. The molecule has 1 nitrogen and oxygen atoms in total. The lowest BCUT2D eigenvalue weighted by molar-refractivity contribution is 0.237. The number of aliphatic hydroxyl groups is 1. The van der Waals surface area contributed by atoms with E-state index in [1.54, 1.807) is 0 Å². The molecular weight excluding hydrogens is 184 g/mol. The molecule has 15 heavy (non-hydrogen) atoms. The van der Waals surface area contributed by atoms with E-state index in [1.165, 1.54) is 5.57 Å². The zero-order valence-corrected chi connectivity index (χ0v) is 11.7. The molecule has 0 saturated carbocycles. The Labute approximate surface area is 96.9 Å². The van der Waals surface area contributed by atoms with Crippen molar-refractivity contribution in [3.8, 4) is 0 Å². The smallest absolute Gasteiger partial charge is 0.0459 e. The fourth-order valence-electron chi connectivity index (χ4n) is 0.963. The number of rotatable bonds is 4. The third-order valence-electron chi connectivity index (χ3n) is 1.65. The summed E-state index contributed by atoms with van der Waals surface area (Å²) in [5, 5.41) is 8.80. The first-order valence-corrected chi connectivity index (χ1v) is 6.13. The highest BCUT2D eigenvalue weighted by atomic mass is 16.3. The van der Waals surface area contributed by atoms with Gasteiger partial charge in [-0.3, -0.25) is 0 Å². The first-order chi connectivity index (χ1) is 7.24. The molecule has 0 aliphatic rings. The number of allylic oxidation sites excluding steroid dienone is 4. The fraction of sp³-hybridized carbons (Fsp3) is 0.714. The average molecular weight is 214 g/mol. The SMILES string of the molecule is C/C=C\C(=C/C)CC(C)CO.CC.CC. The molecule has 0 heterocycles. The summed E-state index contributed by atoms with van der Waals surface area (Å²) in [7, 11) is 0. The lowest BCUT2D eigenvalue weighted by atomic mass is 10.0. The molecule has 0 fully saturated rings. The standard InChI is InChI=1S/C10H18O.2C2H6/c1-4-6-10(5-2)7-9(3)8-11;2*1-2/h4-6,9,11H,7-8H2,1-3H3;2*1-2H3/b6-4-,10-5+;;. The van der Waals surface area contributed by atoms with Crippen molar-refractivity contribution in [3.05, 3.63) is 23.8 Å². The highest BCUT2D eigenvalue weighted by Gasteiger charge is 2.00. The molecule has 0 saturated heterocycles. The molecule has 0 aromatic heterocycles. The fourth-order valence-corrected chi connectivity index (χ4v) is 0.963. The van der Waals surface area contributed by atoms with Crippen molar-refractivity contribution in [1.82, 2.24) is 0 Å². The molecule has 0 aromatic rings. The molecular formula is C14H30O. The van der Waals surface area contributed by atoms with Gasteiger partial charge in [0.15, 0.2) is 0 Å². The van der Waals surface area contributed by atoms with Crippen molar-refractivity contribution in [2.45, 2.75) is 54.9 Å². The summed E-state index contributed by atoms with van der Waals surface area (Å²) in [6, 6.07) is 0. The molecule has 1 N–H and O–H groups in total. The van der Waals surface area contributed by atoms with Gasteiger partial charge in [0.05, 0.1) is 0 Å². The second kappa shape index (κ2) is 19.1. The van der Waals surface area contributed by atoms with Gasteiger partial charge >= 0.3 is 0 Å². The van der Waals surface area contributed by atoms with Crippen molar-refractivity contribution in [2.75, 3.05) is 6.61 Å². The van der Waals surface area contributed by atoms with Crippen LogP contribution in [0.4, 0.5) is 0 Å². The average Bonchev–Trinajstić information content (AvgIpc) is 2.33. The summed E-state index contributed by atoms with van der Waals surface area (Å²) >= 11 is 0. The van der Waals surface area contributed by atoms with E-state index in [-0.39, 0.29) is 6.61 Å². The zero-order chi connectivity index (χ0) is 12.7. The van der Waals surface area contributed by atoms with Crippen LogP contribution in [0.3, 0.4) is 0 Å². The van der Waals surface area contributed by atoms with Crippen LogP contribution in [0.2, 0.25) is 0 Å². The Kier molecular flexibility index (Phi) is 25.4. The molecule has 0 bridgehead atoms. The molecule has 1 atom stereocenters. The third kappa shape index (κ3) is 16.1. The molecule has 0 aliphatic heterocycles. The van der Waals surface area contributed by atoms with Crippen molar-refractivity contribution < 1.29 is 5.11 Å². The zero-order valence-electron chi connectivity index (χ0n) is 11.7. The quantitative estimate of drug-likeness (QED) is 0.679. The number of hydrogen-bond donors (Lipinski definition) is 1. The summed E-state index contributed by atoms with van der Waals surface area (Å²) in [4.78, 5) is 0. The predicted octanol–water partition coefficient (Wildman–Crippen LogP) is 4.58. The second-order valence-corrected chi connectivity index (χ2v) is 2.86. The maximum Gasteiger partial charge on any atom is 0.0459 e. The molecule has 0 spiro atoms. The van der Waals surface area contributed by atoms with Gasteiger partial charge in [-0.05, 0) is 26.2 Å². The van der Waals surface area contributed by atoms with E-state index in [9.17, 15) is 0 Å². The lowest BCUT2D eigenvalue weighted by Crippen LogP contribution is -2.00. The molecule has 92 valence electrons. The molecule has 0 aromatic carbocycles. The van der Waals surface area contributed by atoms with Crippen LogP contribution < -0.4 is 0 Å². The van der Waals surface area contributed by atoms with E-state index in [1.807, 2.05) is 54.5 Å². The molecule has 1 heteroatoms. The monoisotopic (exact) mass is 214 g/mol. The Hall–Kier alpha value is -0.560. The van der Waals surface area contributed by atoms with Crippen LogP contribution in [-0.4, -0.2) is 11.7 Å². The summed E-state index contributed by atoms with van der Waals surface area (Å²) in [5.74, 6) is 0.373. The molecule has 0 rings (SSSR count). The van der Waals surface area contributed by atoms with E-state index < -0.39 is 0 Å². The van der Waals surface area contributed by atoms with Gasteiger partial charge in [-0.1, -0.05) is 58.4 Å². The van der Waals surface area contributed by atoms with Crippen LogP contribution in [0.5, 0.6) is 0 Å². The maximum absolute atomic E-state index is 8.80. The second-order valence-electron chi connectivity index (χ2n) is 2.86. The van der Waals surface area contributed by atoms with Gasteiger partial charge in [0.2, 0.25) is 0 Å². The molecule has 0 radical (unpaired) electrons. The summed E-state index contributed by atoms with van der Waals surface area (Å²) in [6.07, 6.45) is 7.18. The van der Waals surface area contributed by atoms with Gasteiger partial charge in [-0.25, -0.2) is 0 Å². The van der Waals surface area contributed by atoms with Crippen molar-refractivity contribution in [2.24, 2.45) is 5.92 Å². The van der Waals surface area contributed by atoms with Crippen LogP contribution in [0, 0.1) is 5.92 Å². The van der Waals surface area contributed by atoms with Gasteiger partial charge in [0.25, 0.3) is 0 Å². The predicted molar refractivity (Wildman–Crippen MR) is 72.1 cm³/mol. The maximum atomic E-state index is 8.80. The van der Waals surface area contributed by atoms with Gasteiger partial charge in [0, 0.05) is 6.61 Å². The minimum Gasteiger partial charge on any atom is -0.396 e. The van der Waals surface area contributed by atoms with Crippen molar-refractivity contribution >= 4 is 0 Å². The van der Waals surface area contributed by atoms with E-state index in [2.05, 4.69) is 12.2 Å². The minimum absolute atomic E-state index is 0.273. The largest absolute Gasteiger partial charge is 0.396 e. The summed E-state index contributed by atoms with van der Waals surface area (Å²) in [6.45, 7) is 14.4. The van der Waals surface area contributed by atoms with Crippen LogP contribution in [-0.2, 0) is 0 Å². The highest BCUT2D eigenvalue weighted by Crippen LogP contribution is 2.11. The van der Waals surface area contributed by atoms with E-state index in [0.29, 0.717) is 5.92 Å². The highest BCUT2D eigenvalue weighted by molar-refractivity contribution is 5.17. The van der Waals surface area contributed by atoms with E-state index >= 15 is 0 Å². The first-order valence-electron chi connectivity index (χ1n) is 6.13. The molecule has 1 unspecified atom stereocenters. The van der Waals surface area contributed by atoms with Gasteiger partial charge < -0.3 is 5.11 Å². The van der Waals surface area contributed by atoms with Gasteiger partial charge in [0.1, 0.15) is 0 Å². The Bertz CT molecular complexity index is 145. The normalized spacial score (nSPS) is 12.4. The van der Waals surface area contributed by atoms with Gasteiger partial charge in [-0.2, -0.15) is 0 Å². The van der Waals surface area contributed by atoms with Gasteiger partial charge in [-0.15, -0.1) is 0 Å². The Morgan fingerprint density at radius 1 is 1.13 bits per heavy atom. The number of aliphatic hydroxyl groups excluding tert-OH is 1. The minimum atomic E-state index is 0.273. The lowest BCUT2D eigenvalue weighted by Gasteiger charge is -2.07. The summed E-state index contributed by atoms with van der Waals surface area (Å²) < 4.78 is 0. The Morgan fingerprint density at radius 2 is 1.60 bits per heavy atom. The summed E-state index contributed by atoms with van der Waals surface area (Å²) in [5.41, 5.74) is 1.30. The van der Waals surface area contributed by atoms with Crippen LogP contribution in [0.25, 0.3) is 0 Å². The molecule has 0 aliphatic carbocycles. The molecule has 0 amide bonds. The Balaban J connectivity index is -0.000000318. The Morgan fingerprint density at radius 3 is 1.87 bits per heavy atom. The van der Waals surface area contributed by atoms with Crippen LogP contribution in [0.15, 0.2) is 23.8 Å².